The molecular weight excluding hydrogens is 230 g/mol. The Balaban J connectivity index is 2.01. The van der Waals surface area contributed by atoms with E-state index < -0.39 is 0 Å². The van der Waals surface area contributed by atoms with Crippen LogP contribution >= 0.6 is 12.2 Å². The Hall–Kier alpha value is -1.00. The van der Waals surface area contributed by atoms with Crippen molar-refractivity contribution >= 4 is 17.2 Å². The van der Waals surface area contributed by atoms with Crippen molar-refractivity contribution in [2.75, 3.05) is 13.1 Å². The summed E-state index contributed by atoms with van der Waals surface area (Å²) in [7, 11) is 0. The topological polar surface area (TPSA) is 42.1 Å². The minimum atomic E-state index is 0.378. The van der Waals surface area contributed by atoms with Crippen molar-refractivity contribution in [3.05, 3.63) is 29.6 Å². The van der Waals surface area contributed by atoms with Crippen LogP contribution in [0.2, 0.25) is 0 Å². The van der Waals surface area contributed by atoms with Crippen LogP contribution in [-0.4, -0.2) is 28.0 Å². The second kappa shape index (κ2) is 6.07. The average molecular weight is 249 g/mol. The maximum atomic E-state index is 5.60. The van der Waals surface area contributed by atoms with Crippen molar-refractivity contribution in [1.29, 1.82) is 0 Å². The second-order valence-corrected chi connectivity index (χ2v) is 5.04. The number of aromatic nitrogens is 1. The van der Waals surface area contributed by atoms with Crippen LogP contribution in [0.1, 0.15) is 36.9 Å². The molecule has 0 bridgehead atoms. The molecule has 1 fully saturated rings. The zero-order valence-corrected chi connectivity index (χ0v) is 10.9. The van der Waals surface area contributed by atoms with Crippen LogP contribution in [0.25, 0.3) is 0 Å². The van der Waals surface area contributed by atoms with E-state index in [1.54, 1.807) is 6.20 Å². The maximum Gasteiger partial charge on any atom is 0.122 e. The number of hydrogen-bond donors (Lipinski definition) is 1. The summed E-state index contributed by atoms with van der Waals surface area (Å²) >= 11 is 4.95. The van der Waals surface area contributed by atoms with Gasteiger partial charge in [0, 0.05) is 12.7 Å². The smallest absolute Gasteiger partial charge is 0.122 e. The van der Waals surface area contributed by atoms with E-state index in [2.05, 4.69) is 9.88 Å². The lowest BCUT2D eigenvalue weighted by molar-refractivity contribution is 0.277. The lowest BCUT2D eigenvalue weighted by atomic mass is 10.2. The fraction of sp³-hybridized carbons (Fsp3) is 0.538. The number of thiocarbonyl (C=S) groups is 1. The van der Waals surface area contributed by atoms with Crippen LogP contribution in [-0.2, 0) is 6.54 Å². The van der Waals surface area contributed by atoms with Crippen LogP contribution in [0.4, 0.5) is 0 Å². The fourth-order valence-corrected chi connectivity index (χ4v) is 2.37. The highest BCUT2D eigenvalue weighted by Gasteiger charge is 2.10. The van der Waals surface area contributed by atoms with Crippen LogP contribution in [0.5, 0.6) is 0 Å². The molecule has 0 aliphatic carbocycles. The van der Waals surface area contributed by atoms with Gasteiger partial charge in [-0.2, -0.15) is 0 Å². The molecule has 2 heterocycles. The van der Waals surface area contributed by atoms with Gasteiger partial charge in [0.25, 0.3) is 0 Å². The summed E-state index contributed by atoms with van der Waals surface area (Å²) < 4.78 is 0. The van der Waals surface area contributed by atoms with Gasteiger partial charge < -0.3 is 5.73 Å². The summed E-state index contributed by atoms with van der Waals surface area (Å²) in [6.45, 7) is 3.38. The molecule has 3 nitrogen and oxygen atoms in total. The Morgan fingerprint density at radius 2 is 2.00 bits per heavy atom. The molecule has 1 aliphatic rings. The SMILES string of the molecule is NC(=S)c1cc(CN2CCCCCC2)ccn1. The van der Waals surface area contributed by atoms with Crippen LogP contribution < -0.4 is 5.73 Å². The summed E-state index contributed by atoms with van der Waals surface area (Å²) in [5, 5.41) is 0. The first kappa shape index (κ1) is 12.5. The minimum Gasteiger partial charge on any atom is -0.388 e. The second-order valence-electron chi connectivity index (χ2n) is 4.60. The molecule has 1 aromatic heterocycles. The van der Waals surface area contributed by atoms with Gasteiger partial charge in [0.2, 0.25) is 0 Å². The third-order valence-corrected chi connectivity index (χ3v) is 3.39. The van der Waals surface area contributed by atoms with Crippen molar-refractivity contribution in [2.24, 2.45) is 5.73 Å². The van der Waals surface area contributed by atoms with E-state index in [4.69, 9.17) is 18.0 Å². The van der Waals surface area contributed by atoms with Crippen molar-refractivity contribution in [3.63, 3.8) is 0 Å². The summed E-state index contributed by atoms with van der Waals surface area (Å²) in [6, 6.07) is 4.06. The molecule has 2 rings (SSSR count). The first-order valence-electron chi connectivity index (χ1n) is 6.23. The van der Waals surface area contributed by atoms with Crippen molar-refractivity contribution in [1.82, 2.24) is 9.88 Å². The van der Waals surface area contributed by atoms with Gasteiger partial charge in [-0.3, -0.25) is 9.88 Å². The highest BCUT2D eigenvalue weighted by atomic mass is 32.1. The van der Waals surface area contributed by atoms with E-state index >= 15 is 0 Å². The Kier molecular flexibility index (Phi) is 4.45. The largest absolute Gasteiger partial charge is 0.388 e. The maximum absolute atomic E-state index is 5.60. The molecule has 0 amide bonds. The fourth-order valence-electron chi connectivity index (χ4n) is 2.26. The van der Waals surface area contributed by atoms with Crippen molar-refractivity contribution in [2.45, 2.75) is 32.2 Å². The third-order valence-electron chi connectivity index (χ3n) is 3.18. The lowest BCUT2D eigenvalue weighted by Gasteiger charge is -2.19. The van der Waals surface area contributed by atoms with E-state index in [1.165, 1.54) is 44.3 Å². The number of pyridine rings is 1. The van der Waals surface area contributed by atoms with Gasteiger partial charge >= 0.3 is 0 Å². The van der Waals surface area contributed by atoms with Crippen LogP contribution in [0.3, 0.4) is 0 Å². The van der Waals surface area contributed by atoms with Gasteiger partial charge in [-0.25, -0.2) is 0 Å². The predicted octanol–water partition coefficient (Wildman–Crippen LogP) is 2.09. The first-order valence-corrected chi connectivity index (χ1v) is 6.63. The quantitative estimate of drug-likeness (QED) is 0.833. The normalized spacial score (nSPS) is 17.6. The molecule has 4 heteroatoms. The molecule has 17 heavy (non-hydrogen) atoms. The van der Waals surface area contributed by atoms with E-state index in [1.807, 2.05) is 12.1 Å². The number of rotatable bonds is 3. The van der Waals surface area contributed by atoms with Crippen molar-refractivity contribution in [3.8, 4) is 0 Å². The first-order chi connectivity index (χ1) is 8.25. The molecule has 0 unspecified atom stereocenters. The zero-order chi connectivity index (χ0) is 12.1. The Labute approximate surface area is 108 Å². The Bertz CT molecular complexity index is 384. The summed E-state index contributed by atoms with van der Waals surface area (Å²) in [5.74, 6) is 0. The van der Waals surface area contributed by atoms with E-state index in [0.29, 0.717) is 4.99 Å². The molecule has 0 atom stereocenters. The monoisotopic (exact) mass is 249 g/mol. The molecule has 1 aliphatic heterocycles. The Morgan fingerprint density at radius 3 is 2.65 bits per heavy atom. The molecule has 0 radical (unpaired) electrons. The van der Waals surface area contributed by atoms with Gasteiger partial charge in [-0.15, -0.1) is 0 Å². The number of hydrogen-bond acceptors (Lipinski definition) is 3. The van der Waals surface area contributed by atoms with Gasteiger partial charge in [-0.1, -0.05) is 25.1 Å². The number of nitrogens with two attached hydrogens (primary N) is 1. The van der Waals surface area contributed by atoms with E-state index in [0.717, 1.165) is 12.2 Å². The van der Waals surface area contributed by atoms with Crippen LogP contribution in [0.15, 0.2) is 18.3 Å². The highest BCUT2D eigenvalue weighted by molar-refractivity contribution is 7.80. The third kappa shape index (κ3) is 3.75. The summed E-state index contributed by atoms with van der Waals surface area (Å²) in [6.07, 6.45) is 7.15. The molecule has 1 aromatic rings. The molecule has 0 saturated carbocycles. The minimum absolute atomic E-state index is 0.378. The highest BCUT2D eigenvalue weighted by Crippen LogP contribution is 2.13. The molecule has 0 spiro atoms. The average Bonchev–Trinajstić information content (AvgIpc) is 2.58. The standard InChI is InChI=1S/C13H19N3S/c14-13(17)12-9-11(5-6-15-12)10-16-7-3-1-2-4-8-16/h5-6,9H,1-4,7-8,10H2,(H2,14,17). The predicted molar refractivity (Wildman–Crippen MR) is 73.9 cm³/mol. The number of nitrogens with zero attached hydrogens (tertiary/aromatic N) is 2. The van der Waals surface area contributed by atoms with E-state index in [-0.39, 0.29) is 0 Å². The van der Waals surface area contributed by atoms with Gasteiger partial charge in [0.05, 0.1) is 5.69 Å². The van der Waals surface area contributed by atoms with Gasteiger partial charge in [0.1, 0.15) is 4.99 Å². The number of likely N-dealkylation sites (tertiary alicyclic amines) is 1. The molecule has 2 N–H and O–H groups in total. The molecular formula is C13H19N3S. The summed E-state index contributed by atoms with van der Waals surface area (Å²) in [5.41, 5.74) is 7.58. The van der Waals surface area contributed by atoms with Gasteiger partial charge in [-0.05, 0) is 43.6 Å². The Morgan fingerprint density at radius 1 is 1.29 bits per heavy atom. The summed E-state index contributed by atoms with van der Waals surface area (Å²) in [4.78, 5) is 7.05. The lowest BCUT2D eigenvalue weighted by Crippen LogP contribution is -2.24. The molecule has 92 valence electrons. The molecule has 0 aromatic carbocycles. The van der Waals surface area contributed by atoms with Crippen LogP contribution in [0, 0.1) is 0 Å². The van der Waals surface area contributed by atoms with E-state index in [9.17, 15) is 0 Å². The zero-order valence-electron chi connectivity index (χ0n) is 10.1. The van der Waals surface area contributed by atoms with Gasteiger partial charge in [0.15, 0.2) is 0 Å². The van der Waals surface area contributed by atoms with Crippen molar-refractivity contribution < 1.29 is 0 Å². The molecule has 1 saturated heterocycles.